The summed E-state index contributed by atoms with van der Waals surface area (Å²) >= 11 is 0. The molecule has 1 heterocycles. The van der Waals surface area contributed by atoms with Gasteiger partial charge in [0.25, 0.3) is 0 Å². The summed E-state index contributed by atoms with van der Waals surface area (Å²) in [6.07, 6.45) is 1.53. The Kier molecular flexibility index (Phi) is 4.69. The van der Waals surface area contributed by atoms with E-state index in [4.69, 9.17) is 9.47 Å². The normalized spacial score (nSPS) is 10.4. The average Bonchev–Trinajstić information content (AvgIpc) is 2.89. The predicted octanol–water partition coefficient (Wildman–Crippen LogP) is 2.30. The molecule has 0 spiro atoms. The molecule has 1 N–H and O–H groups in total. The van der Waals surface area contributed by atoms with Crippen molar-refractivity contribution in [3.05, 3.63) is 53.3 Å². The molecule has 0 aliphatic rings. The van der Waals surface area contributed by atoms with Crippen LogP contribution in [0.2, 0.25) is 0 Å². The van der Waals surface area contributed by atoms with Crippen LogP contribution in [0, 0.1) is 0 Å². The Bertz CT molecular complexity index is 522. The number of hydrogen-bond acceptors (Lipinski definition) is 4. The van der Waals surface area contributed by atoms with E-state index in [1.165, 1.54) is 6.20 Å². The van der Waals surface area contributed by atoms with E-state index < -0.39 is 0 Å². The maximum atomic E-state index is 11.6. The number of ether oxygens (including phenoxy) is 2. The van der Waals surface area contributed by atoms with Gasteiger partial charge in [-0.3, -0.25) is 5.10 Å². The van der Waals surface area contributed by atoms with Gasteiger partial charge in [-0.25, -0.2) is 4.79 Å². The zero-order valence-corrected chi connectivity index (χ0v) is 10.8. The summed E-state index contributed by atoms with van der Waals surface area (Å²) < 4.78 is 10.5. The van der Waals surface area contributed by atoms with Gasteiger partial charge in [0.05, 0.1) is 19.8 Å². The molecule has 0 atom stereocenters. The van der Waals surface area contributed by atoms with Gasteiger partial charge in [0.1, 0.15) is 11.3 Å². The van der Waals surface area contributed by atoms with E-state index in [1.54, 1.807) is 6.92 Å². The number of aromatic amines is 1. The fraction of sp³-hybridized carbons (Fsp3) is 0.286. The van der Waals surface area contributed by atoms with Crippen LogP contribution in [0.5, 0.6) is 0 Å². The van der Waals surface area contributed by atoms with Crippen LogP contribution in [0.4, 0.5) is 0 Å². The molecule has 5 nitrogen and oxygen atoms in total. The smallest absolute Gasteiger partial charge is 0.341 e. The Hall–Kier alpha value is -2.14. The summed E-state index contributed by atoms with van der Waals surface area (Å²) in [6.45, 7) is 2.86. The van der Waals surface area contributed by atoms with Crippen LogP contribution in [0.25, 0.3) is 0 Å². The molecule has 0 saturated heterocycles. The molecule has 2 rings (SSSR count). The van der Waals surface area contributed by atoms with Crippen molar-refractivity contribution in [1.29, 1.82) is 0 Å². The van der Waals surface area contributed by atoms with Gasteiger partial charge in [-0.05, 0) is 12.5 Å². The lowest BCUT2D eigenvalue weighted by molar-refractivity contribution is 0.0516. The molecule has 0 fully saturated rings. The Morgan fingerprint density at radius 1 is 1.26 bits per heavy atom. The number of H-pyrrole nitrogens is 1. The van der Waals surface area contributed by atoms with Crippen LogP contribution in [-0.4, -0.2) is 22.8 Å². The Labute approximate surface area is 111 Å². The van der Waals surface area contributed by atoms with Gasteiger partial charge in [-0.15, -0.1) is 0 Å². The summed E-state index contributed by atoms with van der Waals surface area (Å²) in [7, 11) is 0. The molecule has 0 unspecified atom stereocenters. The molecule has 2 aromatic rings. The summed E-state index contributed by atoms with van der Waals surface area (Å²) in [5.41, 5.74) is 2.07. The van der Waals surface area contributed by atoms with Crippen molar-refractivity contribution in [2.45, 2.75) is 20.1 Å². The summed E-state index contributed by atoms with van der Waals surface area (Å²) in [5, 5.41) is 6.66. The first-order valence-electron chi connectivity index (χ1n) is 6.12. The number of nitrogens with one attached hydrogen (secondary N) is 1. The Balaban J connectivity index is 1.90. The van der Waals surface area contributed by atoms with Gasteiger partial charge in [0.2, 0.25) is 0 Å². The third kappa shape index (κ3) is 3.66. The molecule has 19 heavy (non-hydrogen) atoms. The fourth-order valence-corrected chi connectivity index (χ4v) is 1.65. The molecule has 0 radical (unpaired) electrons. The molecular weight excluding hydrogens is 244 g/mol. The minimum absolute atomic E-state index is 0.270. The lowest BCUT2D eigenvalue weighted by Crippen LogP contribution is -2.07. The molecule has 1 aromatic carbocycles. The molecule has 0 bridgehead atoms. The highest BCUT2D eigenvalue weighted by Gasteiger charge is 2.15. The first kappa shape index (κ1) is 13.3. The van der Waals surface area contributed by atoms with Crippen molar-refractivity contribution in [3.63, 3.8) is 0 Å². The van der Waals surface area contributed by atoms with Gasteiger partial charge >= 0.3 is 5.97 Å². The highest BCUT2D eigenvalue weighted by Crippen LogP contribution is 2.10. The SMILES string of the molecule is CCOC(=O)c1c[nH]nc1COCc1ccccc1. The molecule has 0 saturated carbocycles. The lowest BCUT2D eigenvalue weighted by Gasteiger charge is -2.04. The topological polar surface area (TPSA) is 64.2 Å². The fourth-order valence-electron chi connectivity index (χ4n) is 1.65. The quantitative estimate of drug-likeness (QED) is 0.809. The second-order valence-corrected chi connectivity index (χ2v) is 3.94. The molecule has 0 amide bonds. The highest BCUT2D eigenvalue weighted by atomic mass is 16.5. The molecule has 5 heteroatoms. The van der Waals surface area contributed by atoms with Gasteiger partial charge in [0.15, 0.2) is 0 Å². The second-order valence-electron chi connectivity index (χ2n) is 3.94. The largest absolute Gasteiger partial charge is 0.462 e. The zero-order valence-electron chi connectivity index (χ0n) is 10.8. The number of rotatable bonds is 6. The number of esters is 1. The van der Waals surface area contributed by atoms with E-state index in [-0.39, 0.29) is 12.6 Å². The standard InChI is InChI=1S/C14H16N2O3/c1-2-19-14(17)12-8-15-16-13(12)10-18-9-11-6-4-3-5-7-11/h3-8H,2,9-10H2,1H3,(H,15,16). The van der Waals surface area contributed by atoms with Crippen LogP contribution in [0.3, 0.4) is 0 Å². The minimum atomic E-state index is -0.380. The van der Waals surface area contributed by atoms with Gasteiger partial charge in [-0.2, -0.15) is 5.10 Å². The number of carbonyl (C=O) groups is 1. The average molecular weight is 260 g/mol. The van der Waals surface area contributed by atoms with Crippen LogP contribution >= 0.6 is 0 Å². The van der Waals surface area contributed by atoms with Gasteiger partial charge < -0.3 is 9.47 Å². The minimum Gasteiger partial charge on any atom is -0.462 e. The van der Waals surface area contributed by atoms with Crippen molar-refractivity contribution in [2.24, 2.45) is 0 Å². The molecule has 0 aliphatic carbocycles. The van der Waals surface area contributed by atoms with E-state index in [9.17, 15) is 4.79 Å². The number of aromatic nitrogens is 2. The van der Waals surface area contributed by atoms with E-state index in [1.807, 2.05) is 30.3 Å². The maximum Gasteiger partial charge on any atom is 0.341 e. The van der Waals surface area contributed by atoms with Gasteiger partial charge in [-0.1, -0.05) is 30.3 Å². The number of carbonyl (C=O) groups excluding carboxylic acids is 1. The number of benzene rings is 1. The van der Waals surface area contributed by atoms with Crippen LogP contribution in [0.1, 0.15) is 28.5 Å². The van der Waals surface area contributed by atoms with Crippen molar-refractivity contribution in [1.82, 2.24) is 10.2 Å². The first-order chi connectivity index (χ1) is 9.31. The van der Waals surface area contributed by atoms with Crippen LogP contribution in [-0.2, 0) is 22.7 Å². The third-order valence-corrected chi connectivity index (χ3v) is 2.56. The molecule has 1 aromatic heterocycles. The van der Waals surface area contributed by atoms with Crippen LogP contribution in [0.15, 0.2) is 36.5 Å². The molecule has 0 aliphatic heterocycles. The number of nitrogens with zero attached hydrogens (tertiary/aromatic N) is 1. The zero-order chi connectivity index (χ0) is 13.5. The molecule has 100 valence electrons. The third-order valence-electron chi connectivity index (χ3n) is 2.56. The summed E-state index contributed by atoms with van der Waals surface area (Å²) in [4.78, 5) is 11.6. The Morgan fingerprint density at radius 2 is 2.05 bits per heavy atom. The Morgan fingerprint density at radius 3 is 2.79 bits per heavy atom. The monoisotopic (exact) mass is 260 g/mol. The highest BCUT2D eigenvalue weighted by molar-refractivity contribution is 5.90. The van der Waals surface area contributed by atoms with Crippen molar-refractivity contribution >= 4 is 5.97 Å². The molecular formula is C14H16N2O3. The van der Waals surface area contributed by atoms with Gasteiger partial charge in [0, 0.05) is 6.20 Å². The summed E-state index contributed by atoms with van der Waals surface area (Å²) in [5.74, 6) is -0.380. The van der Waals surface area contributed by atoms with Crippen molar-refractivity contribution in [3.8, 4) is 0 Å². The van der Waals surface area contributed by atoms with E-state index >= 15 is 0 Å². The maximum absolute atomic E-state index is 11.6. The van der Waals surface area contributed by atoms with E-state index in [0.29, 0.717) is 24.5 Å². The second kappa shape index (κ2) is 6.70. The van der Waals surface area contributed by atoms with Crippen molar-refractivity contribution < 1.29 is 14.3 Å². The summed E-state index contributed by atoms with van der Waals surface area (Å²) in [6, 6.07) is 9.83. The lowest BCUT2D eigenvalue weighted by atomic mass is 10.2. The van der Waals surface area contributed by atoms with Crippen LogP contribution < -0.4 is 0 Å². The predicted molar refractivity (Wildman–Crippen MR) is 69.5 cm³/mol. The number of hydrogen-bond donors (Lipinski definition) is 1. The van der Waals surface area contributed by atoms with Crippen molar-refractivity contribution in [2.75, 3.05) is 6.61 Å². The first-order valence-corrected chi connectivity index (χ1v) is 6.12. The van der Waals surface area contributed by atoms with E-state index in [0.717, 1.165) is 5.56 Å². The van der Waals surface area contributed by atoms with E-state index in [2.05, 4.69) is 10.2 Å².